The van der Waals surface area contributed by atoms with Gasteiger partial charge in [-0.1, -0.05) is 36.7 Å². The van der Waals surface area contributed by atoms with Gasteiger partial charge in [0, 0.05) is 42.2 Å². The van der Waals surface area contributed by atoms with E-state index in [1.807, 2.05) is 25.1 Å². The van der Waals surface area contributed by atoms with Gasteiger partial charge in [0.1, 0.15) is 11.4 Å². The zero-order chi connectivity index (χ0) is 31.4. The summed E-state index contributed by atoms with van der Waals surface area (Å²) in [7, 11) is -3.91. The highest BCUT2D eigenvalue weighted by molar-refractivity contribution is 7.90. The predicted octanol–water partition coefficient (Wildman–Crippen LogP) is 5.24. The van der Waals surface area contributed by atoms with Crippen molar-refractivity contribution in [2.75, 3.05) is 44.3 Å². The van der Waals surface area contributed by atoms with Gasteiger partial charge in [-0.25, -0.2) is 13.1 Å². The molecule has 1 saturated carbocycles. The third kappa shape index (κ3) is 5.68. The van der Waals surface area contributed by atoms with Gasteiger partial charge in [0.25, 0.3) is 5.91 Å². The normalized spacial score (nSPS) is 35.3. The van der Waals surface area contributed by atoms with Gasteiger partial charge in [0.2, 0.25) is 10.0 Å². The molecule has 8 nitrogen and oxygen atoms in total. The van der Waals surface area contributed by atoms with Gasteiger partial charge in [-0.05, 0) is 105 Å². The van der Waals surface area contributed by atoms with E-state index >= 15 is 0 Å². The van der Waals surface area contributed by atoms with E-state index in [-0.39, 0.29) is 11.3 Å². The highest BCUT2D eigenvalue weighted by Crippen LogP contribution is 2.49. The Morgan fingerprint density at radius 1 is 1.11 bits per heavy atom. The fraction of sp³-hybridized carbons (Fsp3) is 0.571. The molecular weight excluding hydrogens is 610 g/mol. The molecule has 2 aromatic carbocycles. The van der Waals surface area contributed by atoms with Crippen molar-refractivity contribution in [3.63, 3.8) is 0 Å². The van der Waals surface area contributed by atoms with Crippen molar-refractivity contribution in [2.24, 2.45) is 17.8 Å². The van der Waals surface area contributed by atoms with E-state index in [0.717, 1.165) is 74.7 Å². The van der Waals surface area contributed by atoms with Crippen LogP contribution in [0.15, 0.2) is 48.6 Å². The molecule has 242 valence electrons. The van der Waals surface area contributed by atoms with Crippen LogP contribution in [-0.2, 0) is 26.6 Å². The fourth-order valence-electron chi connectivity index (χ4n) is 8.35. The number of anilines is 1. The number of nitrogens with zero attached hydrogens (tertiary/aromatic N) is 1. The molecule has 2 spiro atoms. The minimum absolute atomic E-state index is 0.189. The van der Waals surface area contributed by atoms with Crippen LogP contribution >= 0.6 is 11.6 Å². The summed E-state index contributed by atoms with van der Waals surface area (Å²) in [5.74, 6) is 0.617. The summed E-state index contributed by atoms with van der Waals surface area (Å²) in [6.07, 6.45) is 10.1. The molecule has 2 aliphatic carbocycles. The molecule has 45 heavy (non-hydrogen) atoms. The third-order valence-electron chi connectivity index (χ3n) is 11.3. The first-order chi connectivity index (χ1) is 21.6. The lowest BCUT2D eigenvalue weighted by Gasteiger charge is -2.52. The van der Waals surface area contributed by atoms with E-state index in [1.54, 1.807) is 13.0 Å². The quantitative estimate of drug-likeness (QED) is 0.376. The Balaban J connectivity index is 1.32. The van der Waals surface area contributed by atoms with Gasteiger partial charge < -0.3 is 19.7 Å². The van der Waals surface area contributed by atoms with Gasteiger partial charge in [-0.3, -0.25) is 4.79 Å². The second-order valence-corrected chi connectivity index (χ2v) is 16.5. The molecule has 0 unspecified atom stereocenters. The highest BCUT2D eigenvalue weighted by atomic mass is 35.5. The number of amides is 1. The molecule has 7 rings (SSSR count). The van der Waals surface area contributed by atoms with Gasteiger partial charge in [0.15, 0.2) is 0 Å². The Morgan fingerprint density at radius 3 is 2.76 bits per heavy atom. The summed E-state index contributed by atoms with van der Waals surface area (Å²) >= 11 is 6.44. The average molecular weight is 654 g/mol. The Hall–Kier alpha value is -2.59. The smallest absolute Gasteiger partial charge is 0.264 e. The van der Waals surface area contributed by atoms with Crippen LogP contribution in [0.1, 0.15) is 67.4 Å². The lowest BCUT2D eigenvalue weighted by molar-refractivity contribution is -0.112. The number of benzene rings is 2. The number of aryl methyl sites for hydroxylation is 1. The number of hydrogen-bond acceptors (Lipinski definition) is 7. The maximum atomic E-state index is 13.5. The first kappa shape index (κ1) is 31.0. The van der Waals surface area contributed by atoms with E-state index in [2.05, 4.69) is 39.2 Å². The number of sulfonamides is 1. The van der Waals surface area contributed by atoms with Crippen molar-refractivity contribution in [3.05, 3.63) is 70.3 Å². The number of halogens is 1. The summed E-state index contributed by atoms with van der Waals surface area (Å²) in [5, 5.41) is 3.58. The molecule has 2 aromatic rings. The molecule has 1 saturated heterocycles. The molecule has 6 atom stereocenters. The Kier molecular flexibility index (Phi) is 8.20. The minimum Gasteiger partial charge on any atom is -0.490 e. The largest absolute Gasteiger partial charge is 0.490 e. The maximum absolute atomic E-state index is 13.5. The molecule has 0 aromatic heterocycles. The van der Waals surface area contributed by atoms with Crippen molar-refractivity contribution in [2.45, 2.75) is 68.6 Å². The molecule has 10 heteroatoms. The van der Waals surface area contributed by atoms with Crippen LogP contribution < -0.4 is 19.7 Å². The number of fused-ring (bicyclic) bond motifs is 5. The van der Waals surface area contributed by atoms with E-state index < -0.39 is 26.8 Å². The van der Waals surface area contributed by atoms with Crippen molar-refractivity contribution >= 4 is 33.2 Å². The highest BCUT2D eigenvalue weighted by Gasteiger charge is 2.50. The Morgan fingerprint density at radius 2 is 1.98 bits per heavy atom. The minimum atomic E-state index is -3.91. The molecule has 1 amide bonds. The fourth-order valence-corrected chi connectivity index (χ4v) is 9.83. The summed E-state index contributed by atoms with van der Waals surface area (Å²) in [6.45, 7) is 7.86. The summed E-state index contributed by atoms with van der Waals surface area (Å²) in [5.41, 5.74) is 3.03. The number of hydrogen-bond donors (Lipinski definition) is 2. The van der Waals surface area contributed by atoms with E-state index in [0.29, 0.717) is 37.0 Å². The zero-order valence-corrected chi connectivity index (χ0v) is 27.8. The SMILES string of the molecule is C[C@@H]1[C@@H](C)C/C=C/[C@]2(CNCCO2)[C@@H]2CC[C@H]2CN2C[C@@]3(CCCc4cc(Cl)ccc43)COc3ccc(cc32)C(=O)NS1(=O)=O. The average Bonchev–Trinajstić information content (AvgIpc) is 3.15. The summed E-state index contributed by atoms with van der Waals surface area (Å²) in [4.78, 5) is 15.9. The second kappa shape index (κ2) is 11.9. The number of rotatable bonds is 0. The number of allylic oxidation sites excluding steroid dienone is 1. The van der Waals surface area contributed by atoms with Crippen LogP contribution in [-0.4, -0.2) is 64.6 Å². The number of carbonyl (C=O) groups excluding carboxylic acids is 1. The van der Waals surface area contributed by atoms with Crippen LogP contribution in [0.25, 0.3) is 0 Å². The molecule has 3 aliphatic heterocycles. The molecule has 0 radical (unpaired) electrons. The van der Waals surface area contributed by atoms with Crippen LogP contribution in [0, 0.1) is 17.8 Å². The van der Waals surface area contributed by atoms with E-state index in [4.69, 9.17) is 21.1 Å². The monoisotopic (exact) mass is 653 g/mol. The maximum Gasteiger partial charge on any atom is 0.264 e. The summed E-state index contributed by atoms with van der Waals surface area (Å²) < 4.78 is 42.4. The number of nitrogens with one attached hydrogen (secondary N) is 2. The van der Waals surface area contributed by atoms with Gasteiger partial charge >= 0.3 is 0 Å². The number of ether oxygens (including phenoxy) is 2. The molecule has 2 bridgehead atoms. The number of morpholine rings is 1. The standard InChI is InChI=1S/C35H44ClN3O5S/c1-23-5-3-14-35(20-37-15-16-44-35)30-10-7-27(30)19-39-21-34(13-4-6-25-17-28(36)9-11-29(25)34)22-43-32-12-8-26(18-31(32)39)33(40)38-45(41,42)24(23)2/h3,8-9,11-12,14,17-18,23-24,27,30,37H,4-7,10,13,15-16,19-22H2,1-2H3,(H,38,40)/b14-3+/t23-,24+,27-,30+,34-,35-/m0/s1. The molecule has 5 aliphatic rings. The lowest BCUT2D eigenvalue weighted by Crippen LogP contribution is -2.59. The first-order valence-corrected chi connectivity index (χ1v) is 18.4. The molecule has 2 N–H and O–H groups in total. The van der Waals surface area contributed by atoms with Crippen molar-refractivity contribution in [1.29, 1.82) is 0 Å². The Labute approximate surface area is 271 Å². The zero-order valence-electron chi connectivity index (χ0n) is 26.2. The first-order valence-electron chi connectivity index (χ1n) is 16.5. The van der Waals surface area contributed by atoms with Gasteiger partial charge in [-0.15, -0.1) is 0 Å². The van der Waals surface area contributed by atoms with Crippen molar-refractivity contribution < 1.29 is 22.7 Å². The molecule has 3 heterocycles. The molecular formula is C35H44ClN3O5S. The topological polar surface area (TPSA) is 97.0 Å². The van der Waals surface area contributed by atoms with Crippen LogP contribution in [0.3, 0.4) is 0 Å². The molecule has 2 fully saturated rings. The van der Waals surface area contributed by atoms with Crippen molar-refractivity contribution in [3.8, 4) is 5.75 Å². The summed E-state index contributed by atoms with van der Waals surface area (Å²) in [6, 6.07) is 11.6. The van der Waals surface area contributed by atoms with Crippen LogP contribution in [0.5, 0.6) is 5.75 Å². The van der Waals surface area contributed by atoms with Gasteiger partial charge in [0.05, 0.1) is 24.2 Å². The van der Waals surface area contributed by atoms with Crippen LogP contribution in [0.4, 0.5) is 5.69 Å². The number of carbonyl (C=O) groups is 1. The third-order valence-corrected chi connectivity index (χ3v) is 13.4. The lowest BCUT2D eigenvalue weighted by atomic mass is 9.63. The van der Waals surface area contributed by atoms with E-state index in [1.165, 1.54) is 11.1 Å². The second-order valence-electron chi connectivity index (χ2n) is 14.0. The Bertz CT molecular complexity index is 1610. The van der Waals surface area contributed by atoms with Gasteiger partial charge in [-0.2, -0.15) is 0 Å². The van der Waals surface area contributed by atoms with Crippen molar-refractivity contribution in [1.82, 2.24) is 10.0 Å². The van der Waals surface area contributed by atoms with Crippen LogP contribution in [0.2, 0.25) is 5.02 Å². The predicted molar refractivity (Wildman–Crippen MR) is 177 cm³/mol. The van der Waals surface area contributed by atoms with E-state index in [9.17, 15) is 13.2 Å².